The van der Waals surface area contributed by atoms with Gasteiger partial charge in [-0.1, -0.05) is 0 Å². The number of benzene rings is 1. The first-order chi connectivity index (χ1) is 9.58. The molecular weight excluding hydrogens is 252 g/mol. The van der Waals surface area contributed by atoms with Crippen LogP contribution in [0, 0.1) is 0 Å². The minimum atomic E-state index is -0.0544. The third kappa shape index (κ3) is 3.63. The molecule has 3 N–H and O–H groups in total. The van der Waals surface area contributed by atoms with E-state index in [0.29, 0.717) is 17.8 Å². The highest BCUT2D eigenvalue weighted by Crippen LogP contribution is 2.22. The third-order valence-electron chi connectivity index (χ3n) is 3.68. The Hall–Kier alpha value is -1.75. The van der Waals surface area contributed by atoms with E-state index in [0.717, 1.165) is 25.3 Å². The lowest BCUT2D eigenvalue weighted by Gasteiger charge is -2.17. The van der Waals surface area contributed by atoms with Crippen LogP contribution in [0.25, 0.3) is 0 Å². The van der Waals surface area contributed by atoms with Gasteiger partial charge < -0.3 is 20.9 Å². The highest BCUT2D eigenvalue weighted by Gasteiger charge is 2.12. The molecule has 0 atom stereocenters. The van der Waals surface area contributed by atoms with Gasteiger partial charge in [-0.25, -0.2) is 0 Å². The molecule has 0 aromatic heterocycles. The van der Waals surface area contributed by atoms with Crippen molar-refractivity contribution in [3.8, 4) is 0 Å². The zero-order valence-electron chi connectivity index (χ0n) is 12.4. The molecule has 1 amide bonds. The molecule has 0 bridgehead atoms. The zero-order chi connectivity index (χ0) is 14.5. The van der Waals surface area contributed by atoms with Crippen molar-refractivity contribution < 1.29 is 4.79 Å². The minimum Gasteiger partial charge on any atom is -0.397 e. The van der Waals surface area contributed by atoms with Crippen molar-refractivity contribution in [3.63, 3.8) is 0 Å². The second-order valence-corrected chi connectivity index (χ2v) is 5.47. The van der Waals surface area contributed by atoms with E-state index in [1.54, 1.807) is 6.07 Å². The average Bonchev–Trinajstić information content (AvgIpc) is 2.91. The van der Waals surface area contributed by atoms with Gasteiger partial charge in [-0.05, 0) is 44.1 Å². The highest BCUT2D eigenvalue weighted by molar-refractivity contribution is 5.96. The first-order valence-corrected chi connectivity index (χ1v) is 7.15. The zero-order valence-corrected chi connectivity index (χ0v) is 12.4. The summed E-state index contributed by atoms with van der Waals surface area (Å²) in [4.78, 5) is 16.4. The number of likely N-dealkylation sites (tertiary alicyclic amines) is 1. The molecule has 5 heteroatoms. The van der Waals surface area contributed by atoms with Crippen LogP contribution in [0.2, 0.25) is 0 Å². The van der Waals surface area contributed by atoms with Gasteiger partial charge in [0.2, 0.25) is 0 Å². The molecule has 20 heavy (non-hydrogen) atoms. The second-order valence-electron chi connectivity index (χ2n) is 5.47. The average molecular weight is 276 g/mol. The van der Waals surface area contributed by atoms with Gasteiger partial charge in [0.1, 0.15) is 0 Å². The molecule has 0 radical (unpaired) electrons. The van der Waals surface area contributed by atoms with Gasteiger partial charge in [0.25, 0.3) is 5.91 Å². The smallest absolute Gasteiger partial charge is 0.251 e. The van der Waals surface area contributed by atoms with Gasteiger partial charge in [-0.15, -0.1) is 0 Å². The van der Waals surface area contributed by atoms with Crippen LogP contribution >= 0.6 is 0 Å². The number of carbonyl (C=O) groups is 1. The van der Waals surface area contributed by atoms with Crippen molar-refractivity contribution in [2.24, 2.45) is 0 Å². The summed E-state index contributed by atoms with van der Waals surface area (Å²) in [5.74, 6) is -0.0544. The topological polar surface area (TPSA) is 61.6 Å². The van der Waals surface area contributed by atoms with Crippen LogP contribution in [0.1, 0.15) is 23.2 Å². The summed E-state index contributed by atoms with van der Waals surface area (Å²) >= 11 is 0. The molecule has 0 aliphatic carbocycles. The first-order valence-electron chi connectivity index (χ1n) is 7.15. The van der Waals surface area contributed by atoms with Crippen molar-refractivity contribution in [2.75, 3.05) is 50.9 Å². The maximum atomic E-state index is 12.1. The Morgan fingerprint density at radius 2 is 2.05 bits per heavy atom. The van der Waals surface area contributed by atoms with Gasteiger partial charge >= 0.3 is 0 Å². The van der Waals surface area contributed by atoms with E-state index >= 15 is 0 Å². The lowest BCUT2D eigenvalue weighted by atomic mass is 10.1. The predicted octanol–water partition coefficient (Wildman–Crippen LogP) is 1.16. The van der Waals surface area contributed by atoms with Gasteiger partial charge in [0.15, 0.2) is 0 Å². The van der Waals surface area contributed by atoms with Gasteiger partial charge in [-0.2, -0.15) is 0 Å². The summed E-state index contributed by atoms with van der Waals surface area (Å²) in [5.41, 5.74) is 8.13. The molecular formula is C15H24N4O. The van der Waals surface area contributed by atoms with Crippen molar-refractivity contribution >= 4 is 17.3 Å². The summed E-state index contributed by atoms with van der Waals surface area (Å²) in [5, 5.41) is 2.95. The Morgan fingerprint density at radius 1 is 1.35 bits per heavy atom. The van der Waals surface area contributed by atoms with Crippen LogP contribution in [0.3, 0.4) is 0 Å². The lowest BCUT2D eigenvalue weighted by molar-refractivity contribution is 0.0950. The summed E-state index contributed by atoms with van der Waals surface area (Å²) in [6.07, 6.45) is 2.55. The maximum Gasteiger partial charge on any atom is 0.251 e. The van der Waals surface area contributed by atoms with Crippen molar-refractivity contribution in [3.05, 3.63) is 23.8 Å². The van der Waals surface area contributed by atoms with Gasteiger partial charge in [-0.3, -0.25) is 4.79 Å². The highest BCUT2D eigenvalue weighted by atomic mass is 16.1. The molecule has 0 saturated carbocycles. The third-order valence-corrected chi connectivity index (χ3v) is 3.68. The molecule has 1 fully saturated rings. The molecule has 1 aromatic rings. The summed E-state index contributed by atoms with van der Waals surface area (Å²) in [6.45, 7) is 3.92. The van der Waals surface area contributed by atoms with E-state index in [-0.39, 0.29) is 5.91 Å². The summed E-state index contributed by atoms with van der Waals surface area (Å²) < 4.78 is 0. The Balaban J connectivity index is 1.87. The largest absolute Gasteiger partial charge is 0.397 e. The number of anilines is 2. The Bertz CT molecular complexity index is 467. The number of nitrogens with one attached hydrogen (secondary N) is 1. The molecule has 1 heterocycles. The van der Waals surface area contributed by atoms with Crippen molar-refractivity contribution in [1.29, 1.82) is 0 Å². The second kappa shape index (κ2) is 6.61. The van der Waals surface area contributed by atoms with Crippen molar-refractivity contribution in [2.45, 2.75) is 12.8 Å². The van der Waals surface area contributed by atoms with Crippen LogP contribution in [-0.4, -0.2) is 51.1 Å². The monoisotopic (exact) mass is 276 g/mol. The Labute approximate surface area is 120 Å². The van der Waals surface area contributed by atoms with E-state index in [1.807, 2.05) is 31.1 Å². The SMILES string of the molecule is CN(C)c1ccc(C(=O)NCCN2CCCC2)cc1N. The predicted molar refractivity (Wildman–Crippen MR) is 83.2 cm³/mol. The summed E-state index contributed by atoms with van der Waals surface area (Å²) in [6, 6.07) is 5.43. The molecule has 1 saturated heterocycles. The summed E-state index contributed by atoms with van der Waals surface area (Å²) in [7, 11) is 3.86. The molecule has 1 aromatic carbocycles. The van der Waals surface area contributed by atoms with Gasteiger partial charge in [0.05, 0.1) is 11.4 Å². The van der Waals surface area contributed by atoms with Crippen LogP contribution in [0.4, 0.5) is 11.4 Å². The first kappa shape index (κ1) is 14.7. The fraction of sp³-hybridized carbons (Fsp3) is 0.533. The Kier molecular flexibility index (Phi) is 4.84. The van der Waals surface area contributed by atoms with Crippen LogP contribution in [-0.2, 0) is 0 Å². The molecule has 0 unspecified atom stereocenters. The maximum absolute atomic E-state index is 12.1. The van der Waals surface area contributed by atoms with Crippen molar-refractivity contribution in [1.82, 2.24) is 10.2 Å². The standard InChI is InChI=1S/C15H24N4O/c1-18(2)14-6-5-12(11-13(14)16)15(20)17-7-10-19-8-3-4-9-19/h5-6,11H,3-4,7-10,16H2,1-2H3,(H,17,20). The number of nitrogens with two attached hydrogens (primary N) is 1. The van der Waals surface area contributed by atoms with Crippen LogP contribution in [0.5, 0.6) is 0 Å². The quantitative estimate of drug-likeness (QED) is 0.792. The fourth-order valence-corrected chi connectivity index (χ4v) is 2.54. The molecule has 2 rings (SSSR count). The fourth-order valence-electron chi connectivity index (χ4n) is 2.54. The van der Waals surface area contributed by atoms with E-state index < -0.39 is 0 Å². The van der Waals surface area contributed by atoms with E-state index in [9.17, 15) is 4.79 Å². The normalized spacial score (nSPS) is 15.3. The number of amides is 1. The van der Waals surface area contributed by atoms with Crippen LogP contribution in [0.15, 0.2) is 18.2 Å². The molecule has 0 spiro atoms. The Morgan fingerprint density at radius 3 is 2.65 bits per heavy atom. The number of nitrogens with zero attached hydrogens (tertiary/aromatic N) is 2. The van der Waals surface area contributed by atoms with Gasteiger partial charge in [0, 0.05) is 32.7 Å². The number of hydrogen-bond acceptors (Lipinski definition) is 4. The molecule has 5 nitrogen and oxygen atoms in total. The number of carbonyl (C=O) groups excluding carboxylic acids is 1. The minimum absolute atomic E-state index is 0.0544. The van der Waals surface area contributed by atoms with E-state index in [4.69, 9.17) is 5.73 Å². The molecule has 1 aliphatic rings. The number of nitrogen functional groups attached to an aromatic ring is 1. The number of hydrogen-bond donors (Lipinski definition) is 2. The number of rotatable bonds is 5. The van der Waals surface area contributed by atoms with E-state index in [1.165, 1.54) is 12.8 Å². The molecule has 110 valence electrons. The van der Waals surface area contributed by atoms with E-state index in [2.05, 4.69) is 10.2 Å². The van der Waals surface area contributed by atoms with Crippen LogP contribution < -0.4 is 16.0 Å². The lowest BCUT2D eigenvalue weighted by Crippen LogP contribution is -2.33. The molecule has 1 aliphatic heterocycles.